The molecule has 4 heteroatoms. The van der Waals surface area contributed by atoms with Gasteiger partial charge in [-0.2, -0.15) is 0 Å². The van der Waals surface area contributed by atoms with Gasteiger partial charge in [0.2, 0.25) is 0 Å². The van der Waals surface area contributed by atoms with Crippen LogP contribution in [0.5, 0.6) is 0 Å². The molecule has 0 saturated carbocycles. The van der Waals surface area contributed by atoms with Gasteiger partial charge in [-0.15, -0.1) is 0 Å². The van der Waals surface area contributed by atoms with Crippen molar-refractivity contribution < 1.29 is 67.4 Å². The van der Waals surface area contributed by atoms with Crippen LogP contribution in [0.3, 0.4) is 0 Å². The molecule has 0 bridgehead atoms. The first-order chi connectivity index (χ1) is 4.25. The number of rotatable bonds is 3. The van der Waals surface area contributed by atoms with Crippen molar-refractivity contribution in [3.63, 3.8) is 0 Å². The molecule has 1 saturated heterocycles. The summed E-state index contributed by atoms with van der Waals surface area (Å²) in [5, 5.41) is 8.33. The zero-order chi connectivity index (χ0) is 6.85. The first-order valence-corrected chi connectivity index (χ1v) is 3.14. The minimum atomic E-state index is -0.826. The smallest absolute Gasteiger partial charge is 1.00 e. The quantitative estimate of drug-likeness (QED) is 0.385. The number of carboxylic acid groups (broad SMARTS) is 1. The minimum absolute atomic E-state index is 0. The largest absolute Gasteiger partial charge is 1.00 e. The van der Waals surface area contributed by atoms with E-state index in [9.17, 15) is 4.79 Å². The van der Waals surface area contributed by atoms with Gasteiger partial charge >= 0.3 is 57.4 Å². The molecule has 0 spiro atoms. The van der Waals surface area contributed by atoms with Gasteiger partial charge in [-0.05, 0) is 6.42 Å². The Morgan fingerprint density at radius 1 is 1.80 bits per heavy atom. The summed E-state index contributed by atoms with van der Waals surface area (Å²) in [6, 6.07) is 0. The molecule has 0 aromatic carbocycles. The molecule has 10 heavy (non-hydrogen) atoms. The summed E-state index contributed by atoms with van der Waals surface area (Å²) in [4.78, 5) is 10.1. The van der Waals surface area contributed by atoms with Crippen LogP contribution >= 0.6 is 0 Å². The molecule has 1 fully saturated rings. The number of carbonyl (C=O) groups is 1. The molecule has 1 heterocycles. The minimum Gasteiger partial charge on any atom is -1.00 e. The van der Waals surface area contributed by atoms with Crippen LogP contribution in [0, 0.1) is 0 Å². The van der Waals surface area contributed by atoms with Crippen LogP contribution in [0.25, 0.3) is 0 Å². The van der Waals surface area contributed by atoms with Gasteiger partial charge in [0, 0.05) is 0 Å². The average molecular weight is 170 g/mol. The van der Waals surface area contributed by atoms with E-state index in [1.165, 1.54) is 0 Å². The predicted molar refractivity (Wildman–Crippen MR) is 32.3 cm³/mol. The maximum Gasteiger partial charge on any atom is 1.00 e. The normalized spacial score (nSPS) is 28.9. The van der Waals surface area contributed by atoms with Crippen molar-refractivity contribution in [1.29, 1.82) is 0 Å². The Bertz CT molecular complexity index is 131. The molecule has 3 nitrogen and oxygen atoms in total. The molecule has 1 aliphatic heterocycles. The molecular weight excluding hydrogens is 159 g/mol. The first kappa shape index (κ1) is 11.1. The standard InChI is InChI=1S/C6H10O3.K.H/c1-2-3-4-5(9-4)6(7)8;;/h4-5H,2-3H2,1H3,(H,7,8);;/q;+1;-1/t4-,5+;;/m1../s1. The fourth-order valence-electron chi connectivity index (χ4n) is 0.864. The molecule has 0 aliphatic carbocycles. The first-order valence-electron chi connectivity index (χ1n) is 3.14. The fraction of sp³-hybridized carbons (Fsp3) is 0.833. The second-order valence-corrected chi connectivity index (χ2v) is 2.22. The van der Waals surface area contributed by atoms with E-state index in [4.69, 9.17) is 9.84 Å². The van der Waals surface area contributed by atoms with Crippen LogP contribution < -0.4 is 51.4 Å². The third-order valence-electron chi connectivity index (χ3n) is 1.40. The van der Waals surface area contributed by atoms with Crippen LogP contribution in [-0.4, -0.2) is 23.3 Å². The van der Waals surface area contributed by atoms with Crippen molar-refractivity contribution in [3.05, 3.63) is 0 Å². The maximum atomic E-state index is 10.1. The Kier molecular flexibility index (Phi) is 5.36. The SMILES string of the molecule is CCC[C@H]1O[C@@H]1C(=O)O.[H-].[K+]. The monoisotopic (exact) mass is 170 g/mol. The summed E-state index contributed by atoms with van der Waals surface area (Å²) in [6.45, 7) is 2.01. The van der Waals surface area contributed by atoms with Gasteiger partial charge in [0.1, 0.15) is 0 Å². The van der Waals surface area contributed by atoms with E-state index in [2.05, 4.69) is 0 Å². The predicted octanol–water partition coefficient (Wildman–Crippen LogP) is -2.24. The van der Waals surface area contributed by atoms with E-state index in [1.807, 2.05) is 6.92 Å². The number of hydrogen-bond donors (Lipinski definition) is 1. The maximum absolute atomic E-state index is 10.1. The van der Waals surface area contributed by atoms with Gasteiger partial charge in [-0.1, -0.05) is 13.3 Å². The zero-order valence-electron chi connectivity index (χ0n) is 7.33. The summed E-state index contributed by atoms with van der Waals surface area (Å²) < 4.78 is 4.82. The molecule has 0 radical (unpaired) electrons. The Hall–Kier alpha value is 1.07. The van der Waals surface area contributed by atoms with Crippen LogP contribution in [-0.2, 0) is 9.53 Å². The van der Waals surface area contributed by atoms with Gasteiger partial charge in [0.05, 0.1) is 6.10 Å². The van der Waals surface area contributed by atoms with E-state index < -0.39 is 12.1 Å². The summed E-state index contributed by atoms with van der Waals surface area (Å²) in [7, 11) is 0. The topological polar surface area (TPSA) is 49.8 Å². The molecule has 1 aliphatic rings. The molecule has 0 amide bonds. The number of hydrogen-bond acceptors (Lipinski definition) is 2. The molecule has 1 rings (SSSR count). The molecule has 1 N–H and O–H groups in total. The average Bonchev–Trinajstić information content (AvgIpc) is 2.47. The Labute approximate surface area is 104 Å². The van der Waals surface area contributed by atoms with Crippen LogP contribution in [0.4, 0.5) is 0 Å². The molecule has 54 valence electrons. The summed E-state index contributed by atoms with van der Waals surface area (Å²) in [6.07, 6.45) is 1.38. The van der Waals surface area contributed by atoms with E-state index >= 15 is 0 Å². The van der Waals surface area contributed by atoms with Gasteiger partial charge in [0.15, 0.2) is 6.10 Å². The van der Waals surface area contributed by atoms with Gasteiger partial charge in [-0.25, -0.2) is 4.79 Å². The second-order valence-electron chi connectivity index (χ2n) is 2.22. The Morgan fingerprint density at radius 3 is 2.70 bits per heavy atom. The number of epoxide rings is 1. The third-order valence-corrected chi connectivity index (χ3v) is 1.40. The second kappa shape index (κ2) is 4.85. The van der Waals surface area contributed by atoms with Crippen LogP contribution in [0.15, 0.2) is 0 Å². The van der Waals surface area contributed by atoms with Crippen LogP contribution in [0.1, 0.15) is 21.2 Å². The van der Waals surface area contributed by atoms with Crippen molar-refractivity contribution in [2.75, 3.05) is 0 Å². The van der Waals surface area contributed by atoms with E-state index in [0.29, 0.717) is 0 Å². The number of aliphatic carboxylic acids is 1. The molecule has 0 aromatic rings. The summed E-state index contributed by atoms with van der Waals surface area (Å²) in [5.41, 5.74) is 0. The van der Waals surface area contributed by atoms with Crippen molar-refractivity contribution in [3.8, 4) is 0 Å². The number of carboxylic acids is 1. The molecular formula is C6H11KO3. The van der Waals surface area contributed by atoms with Gasteiger partial charge in [-0.3, -0.25) is 0 Å². The van der Waals surface area contributed by atoms with Crippen molar-refractivity contribution >= 4 is 5.97 Å². The fourth-order valence-corrected chi connectivity index (χ4v) is 0.864. The number of ether oxygens (including phenoxy) is 1. The van der Waals surface area contributed by atoms with Gasteiger partial charge in [0.25, 0.3) is 0 Å². The molecule has 0 unspecified atom stereocenters. The third kappa shape index (κ3) is 2.98. The van der Waals surface area contributed by atoms with Crippen LogP contribution in [0.2, 0.25) is 0 Å². The van der Waals surface area contributed by atoms with E-state index in [-0.39, 0.29) is 58.9 Å². The Balaban J connectivity index is 0. The van der Waals surface area contributed by atoms with E-state index in [1.54, 1.807) is 0 Å². The van der Waals surface area contributed by atoms with Crippen molar-refractivity contribution in [1.82, 2.24) is 0 Å². The van der Waals surface area contributed by atoms with E-state index in [0.717, 1.165) is 12.8 Å². The van der Waals surface area contributed by atoms with Crippen molar-refractivity contribution in [2.45, 2.75) is 32.0 Å². The summed E-state index contributed by atoms with van der Waals surface area (Å²) >= 11 is 0. The zero-order valence-corrected chi connectivity index (χ0v) is 9.46. The van der Waals surface area contributed by atoms with Gasteiger partial charge < -0.3 is 11.3 Å². The summed E-state index contributed by atoms with van der Waals surface area (Å²) in [5.74, 6) is -0.826. The molecule has 2 atom stereocenters. The van der Waals surface area contributed by atoms with Crippen molar-refractivity contribution in [2.24, 2.45) is 0 Å². The Morgan fingerprint density at radius 2 is 2.40 bits per heavy atom. The molecule has 0 aromatic heterocycles.